The SMILES string of the molecule is CCn1nc(C)c(-c2nc3cc4c(cc3[nH]2)CN(C2CCN(C)CC2)C4=O)c1C. The fourth-order valence-electron chi connectivity index (χ4n) is 4.91. The first-order valence-corrected chi connectivity index (χ1v) is 10.5. The minimum Gasteiger partial charge on any atom is -0.338 e. The van der Waals surface area contributed by atoms with Crippen molar-refractivity contribution in [1.82, 2.24) is 29.5 Å². The van der Waals surface area contributed by atoms with Gasteiger partial charge in [-0.1, -0.05) is 0 Å². The molecule has 2 aromatic heterocycles. The number of piperidine rings is 1. The molecule has 0 aliphatic carbocycles. The summed E-state index contributed by atoms with van der Waals surface area (Å²) in [5.74, 6) is 0.991. The average molecular weight is 393 g/mol. The van der Waals surface area contributed by atoms with E-state index in [4.69, 9.17) is 4.98 Å². The van der Waals surface area contributed by atoms with Gasteiger partial charge in [-0.05, 0) is 71.4 Å². The Kier molecular flexibility index (Phi) is 4.24. The van der Waals surface area contributed by atoms with Gasteiger partial charge >= 0.3 is 0 Å². The molecule has 0 unspecified atom stereocenters. The maximum atomic E-state index is 13.1. The van der Waals surface area contributed by atoms with Crippen LogP contribution in [0.3, 0.4) is 0 Å². The van der Waals surface area contributed by atoms with Gasteiger partial charge in [0.15, 0.2) is 0 Å². The molecule has 0 saturated carbocycles. The molecule has 5 rings (SSSR count). The fourth-order valence-corrected chi connectivity index (χ4v) is 4.91. The zero-order valence-corrected chi connectivity index (χ0v) is 17.6. The number of carbonyl (C=O) groups excluding carboxylic acids is 1. The maximum absolute atomic E-state index is 13.1. The summed E-state index contributed by atoms with van der Waals surface area (Å²) in [6.45, 7) is 9.84. The van der Waals surface area contributed by atoms with E-state index >= 15 is 0 Å². The van der Waals surface area contributed by atoms with Crippen LogP contribution in [0.1, 0.15) is 47.1 Å². The van der Waals surface area contributed by atoms with Gasteiger partial charge in [0.05, 0.1) is 22.3 Å². The molecule has 1 aromatic carbocycles. The maximum Gasteiger partial charge on any atom is 0.254 e. The van der Waals surface area contributed by atoms with Crippen LogP contribution in [0.15, 0.2) is 12.1 Å². The first-order valence-electron chi connectivity index (χ1n) is 10.5. The summed E-state index contributed by atoms with van der Waals surface area (Å²) in [5.41, 5.74) is 6.89. The molecule has 1 saturated heterocycles. The largest absolute Gasteiger partial charge is 0.338 e. The third-order valence-electron chi connectivity index (χ3n) is 6.59. The molecule has 1 N–H and O–H groups in total. The molecule has 152 valence electrons. The van der Waals surface area contributed by atoms with Crippen molar-refractivity contribution in [2.24, 2.45) is 0 Å². The molecule has 1 fully saturated rings. The average Bonchev–Trinajstić information content (AvgIpc) is 3.34. The number of aromatic amines is 1. The Labute approximate surface area is 170 Å². The van der Waals surface area contributed by atoms with E-state index in [1.807, 2.05) is 17.7 Å². The highest BCUT2D eigenvalue weighted by Crippen LogP contribution is 2.33. The quantitative estimate of drug-likeness (QED) is 0.744. The van der Waals surface area contributed by atoms with Crippen LogP contribution in [-0.2, 0) is 13.1 Å². The van der Waals surface area contributed by atoms with Crippen molar-refractivity contribution in [3.63, 3.8) is 0 Å². The van der Waals surface area contributed by atoms with Gasteiger partial charge in [-0.25, -0.2) is 4.98 Å². The number of aryl methyl sites for hydroxylation is 2. The van der Waals surface area contributed by atoms with Crippen LogP contribution >= 0.6 is 0 Å². The number of H-pyrrole nitrogens is 1. The van der Waals surface area contributed by atoms with Crippen molar-refractivity contribution >= 4 is 16.9 Å². The van der Waals surface area contributed by atoms with E-state index in [0.717, 1.165) is 77.4 Å². The fraction of sp³-hybridized carbons (Fsp3) is 0.500. The Bertz CT molecular complexity index is 1100. The Morgan fingerprint density at radius 2 is 1.97 bits per heavy atom. The number of fused-ring (bicyclic) bond motifs is 2. The molecule has 4 heterocycles. The molecule has 1 amide bonds. The summed E-state index contributed by atoms with van der Waals surface area (Å²) >= 11 is 0. The smallest absolute Gasteiger partial charge is 0.254 e. The van der Waals surface area contributed by atoms with E-state index in [2.05, 4.69) is 46.8 Å². The first-order chi connectivity index (χ1) is 14.0. The summed E-state index contributed by atoms with van der Waals surface area (Å²) < 4.78 is 2.00. The normalized spacial score (nSPS) is 18.2. The number of benzene rings is 1. The highest BCUT2D eigenvalue weighted by molar-refractivity contribution is 6.02. The zero-order valence-electron chi connectivity index (χ0n) is 17.6. The number of imidazole rings is 1. The molecule has 0 spiro atoms. The number of likely N-dealkylation sites (tertiary alicyclic amines) is 1. The predicted octanol–water partition coefficient (Wildman–Crippen LogP) is 3.11. The van der Waals surface area contributed by atoms with Crippen molar-refractivity contribution in [2.75, 3.05) is 20.1 Å². The van der Waals surface area contributed by atoms with E-state index in [9.17, 15) is 4.79 Å². The van der Waals surface area contributed by atoms with E-state index < -0.39 is 0 Å². The molecule has 7 nitrogen and oxygen atoms in total. The van der Waals surface area contributed by atoms with E-state index in [1.165, 1.54) is 0 Å². The number of nitrogens with one attached hydrogen (secondary N) is 1. The second-order valence-corrected chi connectivity index (χ2v) is 8.44. The number of rotatable bonds is 3. The number of hydrogen-bond donors (Lipinski definition) is 1. The number of nitrogens with zero attached hydrogens (tertiary/aromatic N) is 5. The third-order valence-corrected chi connectivity index (χ3v) is 6.59. The number of amides is 1. The van der Waals surface area contributed by atoms with Gasteiger partial charge < -0.3 is 14.8 Å². The Hall–Kier alpha value is -2.67. The molecular weight excluding hydrogens is 364 g/mol. The zero-order chi connectivity index (χ0) is 20.3. The lowest BCUT2D eigenvalue weighted by molar-refractivity contribution is 0.0617. The van der Waals surface area contributed by atoms with E-state index in [1.54, 1.807) is 0 Å². The topological polar surface area (TPSA) is 70.1 Å². The third kappa shape index (κ3) is 2.87. The molecule has 3 aromatic rings. The molecule has 2 aliphatic heterocycles. The second-order valence-electron chi connectivity index (χ2n) is 8.44. The van der Waals surface area contributed by atoms with Gasteiger partial charge in [0.2, 0.25) is 0 Å². The summed E-state index contributed by atoms with van der Waals surface area (Å²) in [7, 11) is 2.15. The lowest BCUT2D eigenvalue weighted by Crippen LogP contribution is -2.43. The standard InChI is InChI=1S/C22H28N6O/c1-5-28-14(3)20(13(2)25-28)21-23-18-10-15-12-27(16-6-8-26(4)9-7-16)22(29)17(15)11-19(18)24-21/h10-11,16H,5-9,12H2,1-4H3,(H,23,24). The van der Waals surface area contributed by atoms with Crippen LogP contribution in [0.4, 0.5) is 0 Å². The van der Waals surface area contributed by atoms with Gasteiger partial charge in [-0.15, -0.1) is 0 Å². The van der Waals surface area contributed by atoms with E-state index in [0.29, 0.717) is 12.6 Å². The van der Waals surface area contributed by atoms with Gasteiger partial charge in [0.25, 0.3) is 5.91 Å². The molecule has 7 heteroatoms. The summed E-state index contributed by atoms with van der Waals surface area (Å²) in [6.07, 6.45) is 2.10. The Morgan fingerprint density at radius 3 is 2.66 bits per heavy atom. The monoisotopic (exact) mass is 392 g/mol. The molecule has 0 radical (unpaired) electrons. The number of hydrogen-bond acceptors (Lipinski definition) is 4. The van der Waals surface area contributed by atoms with Crippen LogP contribution in [-0.4, -0.2) is 61.6 Å². The molecule has 0 atom stereocenters. The second kappa shape index (κ2) is 6.69. The van der Waals surface area contributed by atoms with Gasteiger partial charge in [-0.2, -0.15) is 5.10 Å². The Balaban J connectivity index is 1.48. The van der Waals surface area contributed by atoms with Crippen molar-refractivity contribution < 1.29 is 4.79 Å². The molecule has 0 bridgehead atoms. The van der Waals surface area contributed by atoms with Gasteiger partial charge in [0, 0.05) is 30.4 Å². The minimum atomic E-state index is 0.159. The highest BCUT2D eigenvalue weighted by atomic mass is 16.2. The number of carbonyl (C=O) groups is 1. The first kappa shape index (κ1) is 18.4. The predicted molar refractivity (Wildman–Crippen MR) is 113 cm³/mol. The van der Waals surface area contributed by atoms with E-state index in [-0.39, 0.29) is 5.91 Å². The molecule has 2 aliphatic rings. The van der Waals surface area contributed by atoms with Crippen molar-refractivity contribution in [3.8, 4) is 11.4 Å². The van der Waals surface area contributed by atoms with Crippen molar-refractivity contribution in [3.05, 3.63) is 34.6 Å². The van der Waals surface area contributed by atoms with Crippen molar-refractivity contribution in [2.45, 2.75) is 52.7 Å². The Morgan fingerprint density at radius 1 is 1.21 bits per heavy atom. The number of aromatic nitrogens is 4. The van der Waals surface area contributed by atoms with Crippen LogP contribution in [0.2, 0.25) is 0 Å². The lowest BCUT2D eigenvalue weighted by atomic mass is 10.0. The van der Waals surface area contributed by atoms with Crippen LogP contribution in [0.5, 0.6) is 0 Å². The van der Waals surface area contributed by atoms with Crippen LogP contribution < -0.4 is 0 Å². The van der Waals surface area contributed by atoms with Crippen LogP contribution in [0.25, 0.3) is 22.4 Å². The van der Waals surface area contributed by atoms with Gasteiger partial charge in [-0.3, -0.25) is 9.48 Å². The summed E-state index contributed by atoms with van der Waals surface area (Å²) in [5, 5.41) is 4.61. The van der Waals surface area contributed by atoms with Gasteiger partial charge in [0.1, 0.15) is 5.82 Å². The summed E-state index contributed by atoms with van der Waals surface area (Å²) in [6, 6.07) is 4.43. The summed E-state index contributed by atoms with van der Waals surface area (Å²) in [4.78, 5) is 25.8. The molecule has 29 heavy (non-hydrogen) atoms. The van der Waals surface area contributed by atoms with Crippen LogP contribution in [0, 0.1) is 13.8 Å². The highest BCUT2D eigenvalue weighted by Gasteiger charge is 2.34. The molecular formula is C22H28N6O. The minimum absolute atomic E-state index is 0.159. The lowest BCUT2D eigenvalue weighted by Gasteiger charge is -2.34. The van der Waals surface area contributed by atoms with Crippen molar-refractivity contribution in [1.29, 1.82) is 0 Å².